The van der Waals surface area contributed by atoms with Crippen LogP contribution in [0.1, 0.15) is 0 Å². The molecule has 0 bridgehead atoms. The molecule has 1 rings (SSSR count). The largest absolute Gasteiger partial charge is 0.344 e. The van der Waals surface area contributed by atoms with Crippen LogP contribution in [-0.2, 0) is 9.59 Å². The number of nitrogens with one attached hydrogen (secondary N) is 2. The Morgan fingerprint density at radius 3 is 2.88 bits per heavy atom. The van der Waals surface area contributed by atoms with Gasteiger partial charge in [-0.3, -0.25) is 9.59 Å². The second kappa shape index (κ2) is 5.87. The van der Waals surface area contributed by atoms with Gasteiger partial charge in [0.25, 0.3) is 0 Å². The molecule has 0 fully saturated rings. The van der Waals surface area contributed by atoms with Crippen molar-refractivity contribution in [2.24, 2.45) is 0 Å². The molecule has 0 saturated carbocycles. The average Bonchev–Trinajstić information content (AvgIpc) is 2.28. The number of rotatable bonds is 3. The summed E-state index contributed by atoms with van der Waals surface area (Å²) in [4.78, 5) is 26.3. The molecular formula is C10H10ClN3O2. The monoisotopic (exact) mass is 239 g/mol. The lowest BCUT2D eigenvalue weighted by Crippen LogP contribution is -2.35. The van der Waals surface area contributed by atoms with E-state index in [2.05, 4.69) is 22.2 Å². The van der Waals surface area contributed by atoms with Gasteiger partial charge in [0.1, 0.15) is 0 Å². The van der Waals surface area contributed by atoms with E-state index in [0.717, 1.165) is 0 Å². The molecule has 1 aromatic rings. The van der Waals surface area contributed by atoms with Crippen LogP contribution in [0.15, 0.2) is 31.0 Å². The van der Waals surface area contributed by atoms with Crippen LogP contribution in [0.4, 0.5) is 5.69 Å². The van der Waals surface area contributed by atoms with E-state index in [4.69, 9.17) is 11.6 Å². The van der Waals surface area contributed by atoms with Crippen LogP contribution in [0.2, 0.25) is 5.15 Å². The number of carbonyl (C=O) groups excluding carboxylic acids is 2. The number of aromatic nitrogens is 1. The number of amides is 2. The van der Waals surface area contributed by atoms with E-state index in [1.807, 2.05) is 0 Å². The highest BCUT2D eigenvalue weighted by molar-refractivity contribution is 6.41. The maximum absolute atomic E-state index is 11.3. The summed E-state index contributed by atoms with van der Waals surface area (Å²) < 4.78 is 0. The summed E-state index contributed by atoms with van der Waals surface area (Å²) in [7, 11) is 0. The number of carbonyl (C=O) groups is 2. The molecule has 6 heteroatoms. The molecule has 1 aromatic heterocycles. The highest BCUT2D eigenvalue weighted by atomic mass is 35.5. The molecule has 0 aliphatic heterocycles. The summed E-state index contributed by atoms with van der Waals surface area (Å²) in [6.45, 7) is 3.64. The zero-order valence-corrected chi connectivity index (χ0v) is 9.12. The molecule has 0 aromatic carbocycles. The predicted octanol–water partition coefficient (Wildman–Crippen LogP) is 0.976. The van der Waals surface area contributed by atoms with Gasteiger partial charge in [0, 0.05) is 12.7 Å². The number of halogens is 1. The lowest BCUT2D eigenvalue weighted by molar-refractivity contribution is -0.136. The minimum atomic E-state index is -0.795. The van der Waals surface area contributed by atoms with Gasteiger partial charge in [-0.05, 0) is 12.1 Å². The third-order valence-electron chi connectivity index (χ3n) is 1.62. The van der Waals surface area contributed by atoms with Gasteiger partial charge >= 0.3 is 11.8 Å². The zero-order chi connectivity index (χ0) is 12.0. The van der Waals surface area contributed by atoms with Crippen molar-refractivity contribution in [1.82, 2.24) is 10.3 Å². The summed E-state index contributed by atoms with van der Waals surface area (Å²) in [6.07, 6.45) is 2.96. The first kappa shape index (κ1) is 12.2. The second-order valence-electron chi connectivity index (χ2n) is 2.79. The van der Waals surface area contributed by atoms with Crippen LogP contribution in [0.3, 0.4) is 0 Å². The van der Waals surface area contributed by atoms with E-state index in [0.29, 0.717) is 5.69 Å². The number of nitrogens with zero attached hydrogens (tertiary/aromatic N) is 1. The number of anilines is 1. The van der Waals surface area contributed by atoms with Crippen LogP contribution < -0.4 is 10.6 Å². The Labute approximate surface area is 97.5 Å². The van der Waals surface area contributed by atoms with E-state index in [-0.39, 0.29) is 11.7 Å². The van der Waals surface area contributed by atoms with Gasteiger partial charge in [0.15, 0.2) is 5.15 Å². The van der Waals surface area contributed by atoms with Gasteiger partial charge in [-0.25, -0.2) is 4.98 Å². The third-order valence-corrected chi connectivity index (χ3v) is 1.92. The molecule has 0 saturated heterocycles. The Bertz CT molecular complexity index is 420. The van der Waals surface area contributed by atoms with Crippen molar-refractivity contribution in [3.8, 4) is 0 Å². The topological polar surface area (TPSA) is 71.1 Å². The van der Waals surface area contributed by atoms with Crippen molar-refractivity contribution < 1.29 is 9.59 Å². The summed E-state index contributed by atoms with van der Waals surface area (Å²) in [5.74, 6) is -1.54. The standard InChI is InChI=1S/C10H10ClN3O2/c1-2-5-13-9(15)10(16)14-7-4-3-6-12-8(7)11/h2-4,6H,1,5H2,(H,13,15)(H,14,16). The molecule has 0 unspecified atom stereocenters. The van der Waals surface area contributed by atoms with Crippen molar-refractivity contribution in [2.45, 2.75) is 0 Å². The van der Waals surface area contributed by atoms with Crippen molar-refractivity contribution in [3.05, 3.63) is 36.1 Å². The van der Waals surface area contributed by atoms with E-state index in [9.17, 15) is 9.59 Å². The van der Waals surface area contributed by atoms with Crippen LogP contribution in [0.5, 0.6) is 0 Å². The van der Waals surface area contributed by atoms with Gasteiger partial charge in [-0.1, -0.05) is 17.7 Å². The van der Waals surface area contributed by atoms with Crippen LogP contribution in [0.25, 0.3) is 0 Å². The first-order valence-electron chi connectivity index (χ1n) is 4.45. The first-order valence-corrected chi connectivity index (χ1v) is 4.83. The number of hydrogen-bond donors (Lipinski definition) is 2. The van der Waals surface area contributed by atoms with E-state index >= 15 is 0 Å². The SMILES string of the molecule is C=CCNC(=O)C(=O)Nc1cccnc1Cl. The first-order chi connectivity index (χ1) is 7.65. The summed E-state index contributed by atoms with van der Waals surface area (Å²) in [5.41, 5.74) is 0.294. The molecule has 0 spiro atoms. The Morgan fingerprint density at radius 2 is 2.25 bits per heavy atom. The van der Waals surface area contributed by atoms with Crippen LogP contribution >= 0.6 is 11.6 Å². The molecule has 0 aliphatic carbocycles. The van der Waals surface area contributed by atoms with Crippen LogP contribution in [-0.4, -0.2) is 23.3 Å². The van der Waals surface area contributed by atoms with Crippen LogP contribution in [0, 0.1) is 0 Å². The van der Waals surface area contributed by atoms with Gasteiger partial charge in [-0.15, -0.1) is 6.58 Å². The van der Waals surface area contributed by atoms with E-state index in [1.54, 1.807) is 12.1 Å². The molecule has 0 atom stereocenters. The lowest BCUT2D eigenvalue weighted by atomic mass is 10.4. The van der Waals surface area contributed by atoms with E-state index in [1.165, 1.54) is 12.3 Å². The number of hydrogen-bond acceptors (Lipinski definition) is 3. The lowest BCUT2D eigenvalue weighted by Gasteiger charge is -2.05. The smallest absolute Gasteiger partial charge is 0.313 e. The molecule has 84 valence electrons. The quantitative estimate of drug-likeness (QED) is 0.469. The van der Waals surface area contributed by atoms with Crippen molar-refractivity contribution in [2.75, 3.05) is 11.9 Å². The third kappa shape index (κ3) is 3.36. The molecular weight excluding hydrogens is 230 g/mol. The predicted molar refractivity (Wildman–Crippen MR) is 61.1 cm³/mol. The highest BCUT2D eigenvalue weighted by Gasteiger charge is 2.13. The zero-order valence-electron chi connectivity index (χ0n) is 8.37. The molecule has 16 heavy (non-hydrogen) atoms. The highest BCUT2D eigenvalue weighted by Crippen LogP contribution is 2.16. The second-order valence-corrected chi connectivity index (χ2v) is 3.15. The molecule has 2 N–H and O–H groups in total. The number of pyridine rings is 1. The van der Waals surface area contributed by atoms with Gasteiger partial charge < -0.3 is 10.6 Å². The van der Waals surface area contributed by atoms with Crippen molar-refractivity contribution in [1.29, 1.82) is 0 Å². The summed E-state index contributed by atoms with van der Waals surface area (Å²) in [6, 6.07) is 3.15. The fraction of sp³-hybridized carbons (Fsp3) is 0.100. The molecule has 1 heterocycles. The molecule has 2 amide bonds. The Morgan fingerprint density at radius 1 is 1.50 bits per heavy atom. The molecule has 5 nitrogen and oxygen atoms in total. The Balaban J connectivity index is 2.61. The summed E-state index contributed by atoms with van der Waals surface area (Å²) >= 11 is 5.70. The Kier molecular flexibility index (Phi) is 4.47. The maximum atomic E-state index is 11.3. The molecule has 0 aliphatic rings. The average molecular weight is 240 g/mol. The minimum absolute atomic E-state index is 0.132. The van der Waals surface area contributed by atoms with Gasteiger partial charge in [0.2, 0.25) is 0 Å². The van der Waals surface area contributed by atoms with Crippen molar-refractivity contribution in [3.63, 3.8) is 0 Å². The van der Waals surface area contributed by atoms with Gasteiger partial charge in [0.05, 0.1) is 5.69 Å². The van der Waals surface area contributed by atoms with E-state index < -0.39 is 11.8 Å². The summed E-state index contributed by atoms with van der Waals surface area (Å²) in [5, 5.41) is 4.81. The Hall–Kier alpha value is -1.88. The van der Waals surface area contributed by atoms with Crippen molar-refractivity contribution >= 4 is 29.1 Å². The minimum Gasteiger partial charge on any atom is -0.344 e. The molecule has 0 radical (unpaired) electrons. The maximum Gasteiger partial charge on any atom is 0.313 e. The normalized spacial score (nSPS) is 9.31. The fourth-order valence-corrected chi connectivity index (χ4v) is 1.07. The fourth-order valence-electron chi connectivity index (χ4n) is 0.904. The van der Waals surface area contributed by atoms with Gasteiger partial charge in [-0.2, -0.15) is 0 Å².